The lowest BCUT2D eigenvalue weighted by molar-refractivity contribution is -0.267. The van der Waals surface area contributed by atoms with Crippen molar-refractivity contribution in [3.8, 4) is 11.5 Å². The van der Waals surface area contributed by atoms with Crippen molar-refractivity contribution in [1.82, 2.24) is 10.6 Å². The van der Waals surface area contributed by atoms with Gasteiger partial charge >= 0.3 is 26.0 Å². The summed E-state index contributed by atoms with van der Waals surface area (Å²) in [7, 11) is -4.95. The number of alkyl halides is 6. The Kier molecular flexibility index (Phi) is 25.1. The van der Waals surface area contributed by atoms with E-state index in [4.69, 9.17) is 112 Å². The highest BCUT2D eigenvalue weighted by Gasteiger charge is 2.54. The second-order valence-corrected chi connectivity index (χ2v) is 20.6. The first-order chi connectivity index (χ1) is 30.4. The van der Waals surface area contributed by atoms with E-state index in [0.29, 0.717) is 6.42 Å². The molecule has 64 heavy (non-hydrogen) atoms. The third-order valence-electron chi connectivity index (χ3n) is 8.77. The molecular formula is C41H53Cl6N2O14P. The average Bonchev–Trinajstić information content (AvgIpc) is 3.24. The molecule has 0 bridgehead atoms. The minimum atomic E-state index is -4.95. The second kappa shape index (κ2) is 29.0. The fourth-order valence-corrected chi connectivity index (χ4v) is 7.67. The minimum absolute atomic E-state index is 0.0157. The lowest BCUT2D eigenvalue weighted by Gasteiger charge is -2.45. The van der Waals surface area contributed by atoms with Crippen LogP contribution in [0.1, 0.15) is 71.1 Å². The van der Waals surface area contributed by atoms with Crippen molar-refractivity contribution >= 4 is 102 Å². The van der Waals surface area contributed by atoms with Gasteiger partial charge in [-0.2, -0.15) is 0 Å². The van der Waals surface area contributed by atoms with Crippen molar-refractivity contribution in [2.75, 3.05) is 33.0 Å². The van der Waals surface area contributed by atoms with E-state index < -0.39 is 96.5 Å². The first-order valence-electron chi connectivity index (χ1n) is 20.4. The van der Waals surface area contributed by atoms with Crippen molar-refractivity contribution in [1.29, 1.82) is 0 Å². The van der Waals surface area contributed by atoms with E-state index in [9.17, 15) is 23.7 Å². The van der Waals surface area contributed by atoms with Crippen molar-refractivity contribution in [2.24, 2.45) is 0 Å². The number of unbranched alkanes of at least 4 members (excludes halogenated alkanes) is 8. The molecule has 0 saturated carbocycles. The zero-order valence-electron chi connectivity index (χ0n) is 35.0. The quantitative estimate of drug-likeness (QED) is 0.0214. The van der Waals surface area contributed by atoms with E-state index in [2.05, 4.69) is 24.1 Å². The predicted molar refractivity (Wildman–Crippen MR) is 242 cm³/mol. The van der Waals surface area contributed by atoms with Gasteiger partial charge in [-0.05, 0) is 30.7 Å². The summed E-state index contributed by atoms with van der Waals surface area (Å²) in [5.41, 5.74) is 0. The number of phosphoric acid groups is 1. The fourth-order valence-electron chi connectivity index (χ4n) is 5.90. The minimum Gasteiger partial charge on any atom is -0.456 e. The number of ether oxygens (including phenoxy) is 6. The summed E-state index contributed by atoms with van der Waals surface area (Å²) in [5.74, 6) is -1.45. The van der Waals surface area contributed by atoms with Crippen molar-refractivity contribution < 1.29 is 65.7 Å². The van der Waals surface area contributed by atoms with Gasteiger partial charge in [-0.15, -0.1) is 6.58 Å². The number of esters is 1. The van der Waals surface area contributed by atoms with Crippen LogP contribution in [-0.4, -0.2) is 95.3 Å². The Hall–Kier alpha value is -2.89. The van der Waals surface area contributed by atoms with Crippen LogP contribution in [0.4, 0.5) is 9.59 Å². The molecule has 1 heterocycles. The number of carbonyl (C=O) groups is 4. The normalized spacial score (nSPS) is 18.8. The number of para-hydroxylation sites is 2. The van der Waals surface area contributed by atoms with Gasteiger partial charge < -0.3 is 48.1 Å². The van der Waals surface area contributed by atoms with Gasteiger partial charge in [0.25, 0.3) is 0 Å². The standard InChI is InChI=1S/C41H53Cl6N2O14P/c1-3-5-6-7-8-9-10-11-18-23-32(50)48-25-33(51)60-36-34(49-38(52)57-27-40(42,43)44)37(55-24-4-2)59-31(26-56-39(53)58-28-41(45,46)47)35(36)63-64(54,61-29-19-14-12-15-20-29)62-30-21-16-13-17-22-30/h4,12-17,19-22,31,34-37H,2-3,5-11,18,23-28H2,1H3,(H,48,50)(H,49,52)/t31-,34-,35-,36-,37+/m1/s1. The maximum absolute atomic E-state index is 14.9. The third-order valence-corrected chi connectivity index (χ3v) is 10.8. The summed E-state index contributed by atoms with van der Waals surface area (Å²) in [4.78, 5) is 52.6. The molecule has 2 amide bonds. The number of amides is 2. The molecule has 2 aromatic carbocycles. The molecule has 2 N–H and O–H groups in total. The van der Waals surface area contributed by atoms with E-state index in [0.717, 1.165) is 25.7 Å². The van der Waals surface area contributed by atoms with Gasteiger partial charge in [0.15, 0.2) is 12.4 Å². The highest BCUT2D eigenvalue weighted by molar-refractivity contribution is 7.49. The summed E-state index contributed by atoms with van der Waals surface area (Å²) in [6, 6.07) is 13.9. The molecule has 0 aromatic heterocycles. The summed E-state index contributed by atoms with van der Waals surface area (Å²) in [5, 5.41) is 4.99. The average molecular weight is 1040 g/mol. The van der Waals surface area contributed by atoms with Crippen molar-refractivity contribution in [3.05, 3.63) is 73.3 Å². The first kappa shape index (κ1) is 55.4. The molecule has 23 heteroatoms. The Morgan fingerprint density at radius 3 is 1.86 bits per heavy atom. The first-order valence-corrected chi connectivity index (χ1v) is 24.1. The number of alkyl carbamates (subject to hydrolysis) is 1. The summed E-state index contributed by atoms with van der Waals surface area (Å²) >= 11 is 34.6. The van der Waals surface area contributed by atoms with Crippen LogP contribution in [-0.2, 0) is 47.1 Å². The molecule has 5 atom stereocenters. The zero-order valence-corrected chi connectivity index (χ0v) is 40.4. The molecule has 2 aromatic rings. The van der Waals surface area contributed by atoms with Crippen LogP contribution < -0.4 is 19.7 Å². The number of rotatable bonds is 27. The smallest absolute Gasteiger partial charge is 0.456 e. The van der Waals surface area contributed by atoms with Gasteiger partial charge in [0.05, 0.1) is 6.61 Å². The predicted octanol–water partition coefficient (Wildman–Crippen LogP) is 10.5. The number of halogens is 6. The van der Waals surface area contributed by atoms with Gasteiger partial charge in [-0.3, -0.25) is 14.1 Å². The van der Waals surface area contributed by atoms with Gasteiger partial charge in [-0.25, -0.2) is 14.2 Å². The molecule has 16 nitrogen and oxygen atoms in total. The number of benzene rings is 2. The van der Waals surface area contributed by atoms with E-state index in [1.807, 2.05) is 0 Å². The lowest BCUT2D eigenvalue weighted by Crippen LogP contribution is -2.66. The number of hydrogen-bond acceptors (Lipinski definition) is 14. The monoisotopic (exact) mass is 1040 g/mol. The van der Waals surface area contributed by atoms with Gasteiger partial charge in [0.2, 0.25) is 13.5 Å². The van der Waals surface area contributed by atoms with Gasteiger partial charge in [0, 0.05) is 6.42 Å². The van der Waals surface area contributed by atoms with E-state index in [1.165, 1.54) is 56.0 Å². The topological polar surface area (TPSA) is 192 Å². The highest BCUT2D eigenvalue weighted by Crippen LogP contribution is 2.52. The van der Waals surface area contributed by atoms with E-state index >= 15 is 0 Å². The molecule has 0 aliphatic carbocycles. The van der Waals surface area contributed by atoms with Crippen molar-refractivity contribution in [3.63, 3.8) is 0 Å². The molecule has 1 aliphatic rings. The number of phosphoric ester groups is 1. The van der Waals surface area contributed by atoms with Crippen LogP contribution >= 0.6 is 77.4 Å². The maximum Gasteiger partial charge on any atom is 0.588 e. The molecular weight excluding hydrogens is 988 g/mol. The van der Waals surface area contributed by atoms with Gasteiger partial charge in [-0.1, -0.05) is 170 Å². The molecule has 0 spiro atoms. The molecule has 1 saturated heterocycles. The molecule has 0 radical (unpaired) electrons. The Morgan fingerprint density at radius 1 is 0.766 bits per heavy atom. The fraction of sp³-hybridized carbons (Fsp3) is 0.561. The summed E-state index contributed by atoms with van der Waals surface area (Å²) in [6.45, 7) is 2.66. The van der Waals surface area contributed by atoms with Crippen LogP contribution in [0.15, 0.2) is 73.3 Å². The number of carbonyl (C=O) groups excluding carboxylic acids is 4. The third kappa shape index (κ3) is 23.0. The second-order valence-electron chi connectivity index (χ2n) is 14.1. The largest absolute Gasteiger partial charge is 0.588 e. The van der Waals surface area contributed by atoms with E-state index in [-0.39, 0.29) is 24.5 Å². The van der Waals surface area contributed by atoms with Crippen LogP contribution in [0, 0.1) is 0 Å². The Balaban J connectivity index is 2.00. The molecule has 1 fully saturated rings. The molecule has 1 aliphatic heterocycles. The number of nitrogens with one attached hydrogen (secondary N) is 2. The Bertz CT molecular complexity index is 1730. The Morgan fingerprint density at radius 2 is 1.31 bits per heavy atom. The zero-order chi connectivity index (χ0) is 47.0. The van der Waals surface area contributed by atoms with Gasteiger partial charge in [0.1, 0.15) is 56.1 Å². The van der Waals surface area contributed by atoms with Crippen LogP contribution in [0.5, 0.6) is 11.5 Å². The molecule has 3 rings (SSSR count). The summed E-state index contributed by atoms with van der Waals surface area (Å²) < 4.78 is 61.9. The van der Waals surface area contributed by atoms with E-state index in [1.54, 1.807) is 36.4 Å². The summed E-state index contributed by atoms with van der Waals surface area (Å²) in [6.07, 6.45) is 1.40. The molecule has 358 valence electrons. The van der Waals surface area contributed by atoms with Crippen LogP contribution in [0.25, 0.3) is 0 Å². The van der Waals surface area contributed by atoms with Crippen molar-refractivity contribution in [2.45, 2.75) is 109 Å². The highest BCUT2D eigenvalue weighted by atomic mass is 35.6. The maximum atomic E-state index is 14.9. The number of hydrogen-bond donors (Lipinski definition) is 2. The van der Waals surface area contributed by atoms with Crippen LogP contribution in [0.3, 0.4) is 0 Å². The Labute approximate surface area is 403 Å². The molecule has 0 unspecified atom stereocenters. The van der Waals surface area contributed by atoms with Crippen LogP contribution in [0.2, 0.25) is 0 Å². The SMILES string of the molecule is C=CCO[C@H]1O[C@H](COC(=O)OCC(Cl)(Cl)Cl)[C@@H](OP(=O)(Oc2ccccc2)Oc2ccccc2)[C@H](OC(=O)CNC(=O)CCCCCCCCCCC)[C@H]1NC(=O)OCC(Cl)(Cl)Cl. The lowest BCUT2D eigenvalue weighted by atomic mass is 9.96.